The Morgan fingerprint density at radius 1 is 1.33 bits per heavy atom. The number of carbonyl (C=O) groups excluding carboxylic acids is 1. The topological polar surface area (TPSA) is 65.1 Å². The summed E-state index contributed by atoms with van der Waals surface area (Å²) in [5.74, 6) is 0.901. The summed E-state index contributed by atoms with van der Waals surface area (Å²) in [4.78, 5) is 28.4. The lowest BCUT2D eigenvalue weighted by atomic mass is 10.1. The number of rotatable bonds is 3. The van der Waals surface area contributed by atoms with Crippen LogP contribution in [0.3, 0.4) is 0 Å². The molecule has 110 valence electrons. The van der Waals surface area contributed by atoms with Crippen LogP contribution in [0.15, 0.2) is 36.8 Å². The van der Waals surface area contributed by atoms with E-state index >= 15 is 0 Å². The van der Waals surface area contributed by atoms with Crippen LogP contribution < -0.4 is 0 Å². The number of likely N-dealkylation sites (N-methyl/N-ethyl adjacent to an activating group) is 1. The Bertz CT molecular complexity index is 583. The molecule has 6 heteroatoms. The number of aromatic nitrogens is 3. The maximum atomic E-state index is 12.5. The van der Waals surface area contributed by atoms with Crippen molar-refractivity contribution in [3.05, 3.63) is 48.3 Å². The average molecular weight is 285 g/mol. The number of hydrogen-bond donors (Lipinski definition) is 1. The van der Waals surface area contributed by atoms with Gasteiger partial charge >= 0.3 is 0 Å². The molecule has 1 saturated heterocycles. The molecule has 21 heavy (non-hydrogen) atoms. The number of piperazine rings is 1. The van der Waals surface area contributed by atoms with Crippen molar-refractivity contribution in [2.45, 2.75) is 13.0 Å². The van der Waals surface area contributed by atoms with Gasteiger partial charge in [-0.05, 0) is 18.7 Å². The van der Waals surface area contributed by atoms with E-state index in [0.717, 1.165) is 25.5 Å². The minimum absolute atomic E-state index is 0.0112. The van der Waals surface area contributed by atoms with Crippen LogP contribution in [-0.4, -0.2) is 56.8 Å². The van der Waals surface area contributed by atoms with Crippen molar-refractivity contribution >= 4 is 5.91 Å². The second-order valence-corrected chi connectivity index (χ2v) is 5.08. The third kappa shape index (κ3) is 2.80. The summed E-state index contributed by atoms with van der Waals surface area (Å²) in [7, 11) is 0. The summed E-state index contributed by atoms with van der Waals surface area (Å²) in [6.45, 7) is 5.28. The Kier molecular flexibility index (Phi) is 3.96. The first-order valence-corrected chi connectivity index (χ1v) is 7.23. The van der Waals surface area contributed by atoms with E-state index in [1.807, 2.05) is 23.2 Å². The lowest BCUT2D eigenvalue weighted by Crippen LogP contribution is -2.50. The highest BCUT2D eigenvalue weighted by Gasteiger charge is 2.31. The van der Waals surface area contributed by atoms with Crippen LogP contribution in [0, 0.1) is 0 Å². The fourth-order valence-electron chi connectivity index (χ4n) is 2.75. The van der Waals surface area contributed by atoms with Gasteiger partial charge in [0.25, 0.3) is 5.91 Å². The number of nitrogens with zero attached hydrogens (tertiary/aromatic N) is 4. The number of hydrogen-bond acceptors (Lipinski definition) is 4. The van der Waals surface area contributed by atoms with Crippen molar-refractivity contribution in [3.8, 4) is 0 Å². The Balaban J connectivity index is 1.78. The number of aromatic amines is 1. The number of amides is 1. The Labute approximate surface area is 123 Å². The van der Waals surface area contributed by atoms with Crippen LogP contribution in [0.1, 0.15) is 29.3 Å². The minimum atomic E-state index is -0.0112. The number of pyridine rings is 1. The zero-order chi connectivity index (χ0) is 14.7. The first-order valence-electron chi connectivity index (χ1n) is 7.23. The van der Waals surface area contributed by atoms with E-state index in [1.165, 1.54) is 0 Å². The Morgan fingerprint density at radius 2 is 2.24 bits per heavy atom. The summed E-state index contributed by atoms with van der Waals surface area (Å²) in [5.41, 5.74) is 0.501. The summed E-state index contributed by atoms with van der Waals surface area (Å²) in [6.07, 6.45) is 5.23. The molecule has 1 unspecified atom stereocenters. The lowest BCUT2D eigenvalue weighted by Gasteiger charge is -2.39. The number of imidazole rings is 1. The molecular formula is C15H19N5O. The van der Waals surface area contributed by atoms with Crippen molar-refractivity contribution in [1.29, 1.82) is 0 Å². The standard InChI is InChI=1S/C15H19N5O/c1-2-19-9-10-20(11-13(19)14-17-7-8-18-14)15(21)12-5-3-4-6-16-12/h3-8,13H,2,9-11H2,1H3,(H,17,18). The summed E-state index contributed by atoms with van der Waals surface area (Å²) >= 11 is 0. The largest absolute Gasteiger partial charge is 0.347 e. The highest BCUT2D eigenvalue weighted by atomic mass is 16.2. The summed E-state index contributed by atoms with van der Waals surface area (Å²) in [6, 6.07) is 5.53. The molecular weight excluding hydrogens is 266 g/mol. The molecule has 1 fully saturated rings. The van der Waals surface area contributed by atoms with Crippen LogP contribution >= 0.6 is 0 Å². The zero-order valence-corrected chi connectivity index (χ0v) is 12.1. The van der Waals surface area contributed by atoms with E-state index < -0.39 is 0 Å². The van der Waals surface area contributed by atoms with Crippen LogP contribution in [0.2, 0.25) is 0 Å². The minimum Gasteiger partial charge on any atom is -0.347 e. The fourth-order valence-corrected chi connectivity index (χ4v) is 2.75. The molecule has 1 amide bonds. The smallest absolute Gasteiger partial charge is 0.272 e. The van der Waals surface area contributed by atoms with Crippen LogP contribution in [0.5, 0.6) is 0 Å². The van der Waals surface area contributed by atoms with E-state index in [-0.39, 0.29) is 11.9 Å². The van der Waals surface area contributed by atoms with Crippen molar-refractivity contribution in [2.24, 2.45) is 0 Å². The Morgan fingerprint density at radius 3 is 2.90 bits per heavy atom. The molecule has 0 aromatic carbocycles. The number of carbonyl (C=O) groups is 1. The molecule has 1 N–H and O–H groups in total. The van der Waals surface area contributed by atoms with E-state index in [9.17, 15) is 4.79 Å². The van der Waals surface area contributed by atoms with Gasteiger partial charge in [-0.2, -0.15) is 0 Å². The van der Waals surface area contributed by atoms with Crippen molar-refractivity contribution in [1.82, 2.24) is 24.8 Å². The Hall–Kier alpha value is -2.21. The van der Waals surface area contributed by atoms with Gasteiger partial charge in [-0.3, -0.25) is 14.7 Å². The van der Waals surface area contributed by atoms with E-state index in [4.69, 9.17) is 0 Å². The quantitative estimate of drug-likeness (QED) is 0.924. The summed E-state index contributed by atoms with van der Waals surface area (Å²) < 4.78 is 0. The highest BCUT2D eigenvalue weighted by Crippen LogP contribution is 2.23. The van der Waals surface area contributed by atoms with Crippen molar-refractivity contribution < 1.29 is 4.79 Å². The molecule has 6 nitrogen and oxygen atoms in total. The fraction of sp³-hybridized carbons (Fsp3) is 0.400. The average Bonchev–Trinajstić information content (AvgIpc) is 3.08. The third-order valence-electron chi connectivity index (χ3n) is 3.90. The van der Waals surface area contributed by atoms with Gasteiger partial charge in [-0.25, -0.2) is 4.98 Å². The molecule has 0 bridgehead atoms. The predicted molar refractivity (Wildman–Crippen MR) is 78.7 cm³/mol. The van der Waals surface area contributed by atoms with Crippen LogP contribution in [0.4, 0.5) is 0 Å². The van der Waals surface area contributed by atoms with Gasteiger partial charge in [0, 0.05) is 38.2 Å². The predicted octanol–water partition coefficient (Wildman–Crippen LogP) is 1.32. The molecule has 0 radical (unpaired) electrons. The zero-order valence-electron chi connectivity index (χ0n) is 12.1. The molecule has 0 spiro atoms. The molecule has 3 heterocycles. The number of H-pyrrole nitrogens is 1. The molecule has 0 saturated carbocycles. The van der Waals surface area contributed by atoms with E-state index in [0.29, 0.717) is 12.2 Å². The van der Waals surface area contributed by atoms with Gasteiger partial charge in [-0.15, -0.1) is 0 Å². The van der Waals surface area contributed by atoms with Gasteiger partial charge < -0.3 is 9.88 Å². The van der Waals surface area contributed by atoms with Crippen LogP contribution in [0.25, 0.3) is 0 Å². The first kappa shape index (κ1) is 13.8. The molecule has 1 atom stereocenters. The molecule has 2 aromatic heterocycles. The molecule has 0 aliphatic carbocycles. The normalized spacial score (nSPS) is 19.7. The van der Waals surface area contributed by atoms with Gasteiger partial charge in [0.15, 0.2) is 0 Å². The second kappa shape index (κ2) is 6.05. The first-order chi connectivity index (χ1) is 10.3. The summed E-state index contributed by atoms with van der Waals surface area (Å²) in [5, 5.41) is 0. The third-order valence-corrected chi connectivity index (χ3v) is 3.90. The monoisotopic (exact) mass is 285 g/mol. The number of nitrogens with one attached hydrogen (secondary N) is 1. The van der Waals surface area contributed by atoms with Crippen LogP contribution in [-0.2, 0) is 0 Å². The molecule has 1 aliphatic rings. The maximum absolute atomic E-state index is 12.5. The SMILES string of the molecule is CCN1CCN(C(=O)c2ccccn2)CC1c1ncc[nH]1. The molecule has 1 aliphatic heterocycles. The van der Waals surface area contributed by atoms with Gasteiger partial charge in [0.1, 0.15) is 11.5 Å². The van der Waals surface area contributed by atoms with Crippen molar-refractivity contribution in [3.63, 3.8) is 0 Å². The maximum Gasteiger partial charge on any atom is 0.272 e. The highest BCUT2D eigenvalue weighted by molar-refractivity contribution is 5.92. The van der Waals surface area contributed by atoms with Crippen molar-refractivity contribution in [2.75, 3.05) is 26.2 Å². The molecule has 3 rings (SSSR count). The van der Waals surface area contributed by atoms with Gasteiger partial charge in [0.2, 0.25) is 0 Å². The van der Waals surface area contributed by atoms with Gasteiger partial charge in [0.05, 0.1) is 6.04 Å². The van der Waals surface area contributed by atoms with Gasteiger partial charge in [-0.1, -0.05) is 13.0 Å². The van der Waals surface area contributed by atoms with E-state index in [2.05, 4.69) is 26.8 Å². The molecule has 2 aromatic rings. The second-order valence-electron chi connectivity index (χ2n) is 5.08. The lowest BCUT2D eigenvalue weighted by molar-refractivity contribution is 0.0475. The van der Waals surface area contributed by atoms with E-state index in [1.54, 1.807) is 18.5 Å².